The molecule has 0 aliphatic rings. The lowest BCUT2D eigenvalue weighted by atomic mass is 10.2. The number of aromatic nitrogens is 2. The quantitative estimate of drug-likeness (QED) is 0.162. The molecule has 0 N–H and O–H groups in total. The largest absolute Gasteiger partial charge is 0.496 e. The van der Waals surface area contributed by atoms with Crippen LogP contribution in [0.4, 0.5) is 0 Å². The van der Waals surface area contributed by atoms with Gasteiger partial charge in [0.05, 0.1) is 47.8 Å². The van der Waals surface area contributed by atoms with Crippen LogP contribution in [-0.2, 0) is 9.53 Å². The van der Waals surface area contributed by atoms with Gasteiger partial charge in [-0.3, -0.25) is 4.79 Å². The molecule has 0 saturated heterocycles. The number of hydrogen-bond donors (Lipinski definition) is 0. The zero-order valence-corrected chi connectivity index (χ0v) is 23.4. The summed E-state index contributed by atoms with van der Waals surface area (Å²) in [5.41, 5.74) is 1.31. The average molecular weight is 606 g/mol. The molecule has 40 heavy (non-hydrogen) atoms. The van der Waals surface area contributed by atoms with Crippen molar-refractivity contribution >= 4 is 50.0 Å². The third kappa shape index (κ3) is 5.28. The van der Waals surface area contributed by atoms with Gasteiger partial charge in [0.2, 0.25) is 5.82 Å². The fourth-order valence-corrected chi connectivity index (χ4v) is 4.70. The first kappa shape index (κ1) is 26.9. The molecule has 0 spiro atoms. The van der Waals surface area contributed by atoms with Crippen LogP contribution in [0.1, 0.15) is 12.5 Å². The van der Waals surface area contributed by atoms with Gasteiger partial charge < -0.3 is 23.4 Å². The first-order valence-corrected chi connectivity index (χ1v) is 13.0. The summed E-state index contributed by atoms with van der Waals surface area (Å²) >= 11 is 3.46. The van der Waals surface area contributed by atoms with Crippen molar-refractivity contribution in [1.29, 1.82) is 0 Å². The minimum atomic E-state index is -0.499. The Morgan fingerprint density at radius 3 is 2.62 bits per heavy atom. The number of ether oxygens (including phenoxy) is 4. The Hall–Kier alpha value is -4.64. The molecule has 11 heteroatoms. The van der Waals surface area contributed by atoms with E-state index < -0.39 is 5.97 Å². The van der Waals surface area contributed by atoms with E-state index in [1.54, 1.807) is 50.4 Å². The van der Waals surface area contributed by atoms with Crippen LogP contribution in [0.25, 0.3) is 33.5 Å². The maximum atomic E-state index is 13.6. The monoisotopic (exact) mass is 605 g/mol. The highest BCUT2D eigenvalue weighted by molar-refractivity contribution is 9.10. The van der Waals surface area contributed by atoms with Crippen molar-refractivity contribution in [3.05, 3.63) is 81.1 Å². The Bertz CT molecular complexity index is 1810. The topological polar surface area (TPSA) is 114 Å². The van der Waals surface area contributed by atoms with Gasteiger partial charge in [-0.25, -0.2) is 9.78 Å². The number of hydrogen-bond acceptors (Lipinski definition) is 9. The number of methoxy groups -OCH3 is 2. The molecule has 10 nitrogen and oxygen atoms in total. The molecule has 0 unspecified atom stereocenters. The fraction of sp³-hybridized carbons (Fsp3) is 0.172. The van der Waals surface area contributed by atoms with E-state index >= 15 is 0 Å². The molecule has 5 rings (SSSR count). The molecule has 0 aliphatic heterocycles. The Kier molecular flexibility index (Phi) is 7.83. The number of rotatable bonds is 9. The SMILES string of the molecule is CCOC(=O)COc1c(Br)cc(C=Nn2c(-c3cc4c(OC)cccc4o3)nc3ccccc3c2=O)cc1OC. The van der Waals surface area contributed by atoms with Crippen molar-refractivity contribution < 1.29 is 28.2 Å². The van der Waals surface area contributed by atoms with Gasteiger partial charge in [0, 0.05) is 0 Å². The molecule has 5 aromatic rings. The number of fused-ring (bicyclic) bond motifs is 2. The van der Waals surface area contributed by atoms with E-state index in [1.807, 2.05) is 24.3 Å². The summed E-state index contributed by atoms with van der Waals surface area (Å²) in [4.78, 5) is 30.0. The van der Waals surface area contributed by atoms with Crippen molar-refractivity contribution in [3.8, 4) is 28.8 Å². The average Bonchev–Trinajstić information content (AvgIpc) is 3.40. The molecule has 0 radical (unpaired) electrons. The molecular weight excluding hydrogens is 582 g/mol. The summed E-state index contributed by atoms with van der Waals surface area (Å²) < 4.78 is 29.2. The molecule has 0 bridgehead atoms. The highest BCUT2D eigenvalue weighted by atomic mass is 79.9. The number of carbonyl (C=O) groups excluding carboxylic acids is 1. The van der Waals surface area contributed by atoms with Gasteiger partial charge in [0.15, 0.2) is 23.9 Å². The molecule has 2 heterocycles. The van der Waals surface area contributed by atoms with Crippen LogP contribution < -0.4 is 19.8 Å². The summed E-state index contributed by atoms with van der Waals surface area (Å²) in [5, 5.41) is 5.64. The van der Waals surface area contributed by atoms with E-state index in [-0.39, 0.29) is 24.6 Å². The Morgan fingerprint density at radius 2 is 1.85 bits per heavy atom. The summed E-state index contributed by atoms with van der Waals surface area (Å²) in [6, 6.07) is 17.6. The van der Waals surface area contributed by atoms with Crippen LogP contribution in [0.2, 0.25) is 0 Å². The predicted octanol–water partition coefficient (Wildman–Crippen LogP) is 5.41. The van der Waals surface area contributed by atoms with E-state index in [4.69, 9.17) is 28.3 Å². The lowest BCUT2D eigenvalue weighted by Gasteiger charge is -2.13. The number of esters is 1. The third-order valence-electron chi connectivity index (χ3n) is 5.93. The van der Waals surface area contributed by atoms with Crippen LogP contribution in [0.3, 0.4) is 0 Å². The van der Waals surface area contributed by atoms with E-state index in [1.165, 1.54) is 18.0 Å². The first-order chi connectivity index (χ1) is 19.4. The molecule has 0 fully saturated rings. The van der Waals surface area contributed by atoms with E-state index in [0.29, 0.717) is 49.5 Å². The second-order valence-corrected chi connectivity index (χ2v) is 9.28. The number of halogens is 1. The number of nitrogens with zero attached hydrogens (tertiary/aromatic N) is 3. The van der Waals surface area contributed by atoms with Crippen molar-refractivity contribution in [3.63, 3.8) is 0 Å². The normalized spacial score (nSPS) is 11.3. The Labute approximate surface area is 236 Å². The summed E-state index contributed by atoms with van der Waals surface area (Å²) in [6.45, 7) is 1.69. The van der Waals surface area contributed by atoms with Crippen LogP contribution in [-0.4, -0.2) is 49.3 Å². The molecule has 0 amide bonds. The van der Waals surface area contributed by atoms with Crippen molar-refractivity contribution in [2.75, 3.05) is 27.4 Å². The molecule has 204 valence electrons. The smallest absolute Gasteiger partial charge is 0.344 e. The molecule has 0 atom stereocenters. The molecule has 3 aromatic carbocycles. The van der Waals surface area contributed by atoms with Crippen LogP contribution >= 0.6 is 15.9 Å². The van der Waals surface area contributed by atoms with Gasteiger partial charge in [0.25, 0.3) is 5.56 Å². The van der Waals surface area contributed by atoms with Crippen LogP contribution in [0, 0.1) is 0 Å². The molecular formula is C29H24BrN3O7. The van der Waals surface area contributed by atoms with Gasteiger partial charge in [-0.15, -0.1) is 0 Å². The first-order valence-electron chi connectivity index (χ1n) is 12.2. The lowest BCUT2D eigenvalue weighted by molar-refractivity contribution is -0.145. The van der Waals surface area contributed by atoms with Crippen molar-refractivity contribution in [2.24, 2.45) is 5.10 Å². The van der Waals surface area contributed by atoms with Gasteiger partial charge in [0.1, 0.15) is 11.3 Å². The van der Waals surface area contributed by atoms with Crippen LogP contribution in [0.5, 0.6) is 17.2 Å². The maximum Gasteiger partial charge on any atom is 0.344 e. The number of benzene rings is 3. The molecule has 0 saturated carbocycles. The zero-order chi connectivity index (χ0) is 28.2. The van der Waals surface area contributed by atoms with Crippen molar-refractivity contribution in [1.82, 2.24) is 9.66 Å². The summed E-state index contributed by atoms with van der Waals surface area (Å²) in [5.74, 6) is 1.39. The Morgan fingerprint density at radius 1 is 1.05 bits per heavy atom. The van der Waals surface area contributed by atoms with Gasteiger partial charge in [-0.2, -0.15) is 9.78 Å². The number of carbonyl (C=O) groups is 1. The number of para-hydroxylation sites is 1. The zero-order valence-electron chi connectivity index (χ0n) is 21.8. The molecule has 2 aromatic heterocycles. The Balaban J connectivity index is 1.59. The van der Waals surface area contributed by atoms with Crippen molar-refractivity contribution in [2.45, 2.75) is 6.92 Å². The fourth-order valence-electron chi connectivity index (χ4n) is 4.13. The molecule has 0 aliphatic carbocycles. The highest BCUT2D eigenvalue weighted by Gasteiger charge is 2.18. The van der Waals surface area contributed by atoms with E-state index in [0.717, 1.165) is 5.39 Å². The van der Waals surface area contributed by atoms with E-state index in [9.17, 15) is 9.59 Å². The number of furan rings is 1. The standard InChI is InChI=1S/C29H24BrN3O7/c1-4-38-26(34)16-39-27-20(30)12-17(13-24(27)37-3)15-31-33-28(32-21-9-6-5-8-18(21)29(33)35)25-14-19-22(36-2)10-7-11-23(19)40-25/h5-15H,4,16H2,1-3H3. The maximum absolute atomic E-state index is 13.6. The van der Waals surface area contributed by atoms with Crippen LogP contribution in [0.15, 0.2) is 79.4 Å². The minimum Gasteiger partial charge on any atom is -0.496 e. The summed E-state index contributed by atoms with van der Waals surface area (Å²) in [6.07, 6.45) is 1.49. The lowest BCUT2D eigenvalue weighted by Crippen LogP contribution is -2.20. The second kappa shape index (κ2) is 11.6. The third-order valence-corrected chi connectivity index (χ3v) is 6.52. The predicted molar refractivity (Wildman–Crippen MR) is 154 cm³/mol. The van der Waals surface area contributed by atoms with E-state index in [2.05, 4.69) is 21.0 Å². The van der Waals surface area contributed by atoms with Gasteiger partial charge in [-0.05, 0) is 70.9 Å². The minimum absolute atomic E-state index is 0.221. The van der Waals surface area contributed by atoms with Gasteiger partial charge in [-0.1, -0.05) is 18.2 Å². The highest BCUT2D eigenvalue weighted by Crippen LogP contribution is 2.37. The van der Waals surface area contributed by atoms with Gasteiger partial charge >= 0.3 is 5.97 Å². The summed E-state index contributed by atoms with van der Waals surface area (Å²) in [7, 11) is 3.06. The second-order valence-electron chi connectivity index (χ2n) is 8.42.